The highest BCUT2D eigenvalue weighted by atomic mass is 19.4. The van der Waals surface area contributed by atoms with Crippen molar-refractivity contribution in [2.24, 2.45) is 0 Å². The molecule has 0 saturated carbocycles. The quantitative estimate of drug-likeness (QED) is 0.533. The largest absolute Gasteiger partial charge is 0.493 e. The van der Waals surface area contributed by atoms with Crippen molar-refractivity contribution < 1.29 is 22.6 Å². The van der Waals surface area contributed by atoms with E-state index in [1.165, 1.54) is 12.1 Å². The second kappa shape index (κ2) is 8.67. The SMILES string of the molecule is COc1ccc(CN2CCCn3cccc3[C@@H]2c2cccc(C(F)(F)F)c2)cc1OC. The van der Waals surface area contributed by atoms with Crippen molar-refractivity contribution >= 4 is 0 Å². The van der Waals surface area contributed by atoms with Crippen LogP contribution in [0.15, 0.2) is 60.8 Å². The lowest BCUT2D eigenvalue weighted by atomic mass is 9.98. The van der Waals surface area contributed by atoms with Crippen molar-refractivity contribution in [3.63, 3.8) is 0 Å². The molecule has 4 nitrogen and oxygen atoms in total. The lowest BCUT2D eigenvalue weighted by Crippen LogP contribution is -2.29. The number of benzene rings is 2. The number of ether oxygens (including phenoxy) is 2. The Morgan fingerprint density at radius 1 is 0.935 bits per heavy atom. The van der Waals surface area contributed by atoms with E-state index in [0.29, 0.717) is 23.6 Å². The number of nitrogens with zero attached hydrogens (tertiary/aromatic N) is 2. The monoisotopic (exact) mass is 430 g/mol. The molecule has 2 heterocycles. The number of hydrogen-bond donors (Lipinski definition) is 0. The summed E-state index contributed by atoms with van der Waals surface area (Å²) in [5, 5.41) is 0. The van der Waals surface area contributed by atoms with E-state index < -0.39 is 11.7 Å². The molecular weight excluding hydrogens is 405 g/mol. The molecule has 1 atom stereocenters. The Morgan fingerprint density at radius 2 is 1.74 bits per heavy atom. The highest BCUT2D eigenvalue weighted by Crippen LogP contribution is 2.37. The fraction of sp³-hybridized carbons (Fsp3) is 0.333. The molecule has 0 N–H and O–H groups in total. The van der Waals surface area contributed by atoms with E-state index in [-0.39, 0.29) is 6.04 Å². The van der Waals surface area contributed by atoms with Crippen LogP contribution in [0.5, 0.6) is 11.5 Å². The second-order valence-electron chi connectivity index (χ2n) is 7.67. The highest BCUT2D eigenvalue weighted by molar-refractivity contribution is 5.43. The third-order valence-corrected chi connectivity index (χ3v) is 5.72. The first kappa shape index (κ1) is 21.3. The fourth-order valence-electron chi connectivity index (χ4n) is 4.29. The van der Waals surface area contributed by atoms with Crippen molar-refractivity contribution in [1.82, 2.24) is 9.47 Å². The standard InChI is InChI=1S/C24H25F3N2O2/c1-30-21-10-9-17(14-22(21)31-2)16-29-13-5-12-28-11-4-8-20(28)23(29)18-6-3-7-19(15-18)24(25,26)27/h3-4,6-11,14-15,23H,5,12-13,16H2,1-2H3/t23-/m0/s1. The number of rotatable bonds is 5. The van der Waals surface area contributed by atoms with Crippen LogP contribution >= 0.6 is 0 Å². The summed E-state index contributed by atoms with van der Waals surface area (Å²) in [7, 11) is 3.18. The zero-order valence-electron chi connectivity index (χ0n) is 17.5. The van der Waals surface area contributed by atoms with E-state index in [1.54, 1.807) is 20.3 Å². The van der Waals surface area contributed by atoms with Gasteiger partial charge in [-0.1, -0.05) is 18.2 Å². The first-order valence-corrected chi connectivity index (χ1v) is 10.2. The number of alkyl halides is 3. The van der Waals surface area contributed by atoms with Crippen molar-refractivity contribution in [2.45, 2.75) is 31.7 Å². The molecule has 164 valence electrons. The van der Waals surface area contributed by atoms with Crippen LogP contribution in [0, 0.1) is 0 Å². The Morgan fingerprint density at radius 3 is 2.48 bits per heavy atom. The first-order chi connectivity index (χ1) is 14.9. The third-order valence-electron chi connectivity index (χ3n) is 5.72. The maximum absolute atomic E-state index is 13.4. The third kappa shape index (κ3) is 4.42. The van der Waals surface area contributed by atoms with Gasteiger partial charge in [-0.25, -0.2) is 0 Å². The molecule has 1 aliphatic heterocycles. The average molecular weight is 430 g/mol. The Kier molecular flexibility index (Phi) is 5.96. The molecule has 3 aromatic rings. The normalized spacial score (nSPS) is 17.1. The Bertz CT molecular complexity index is 1050. The molecule has 0 bridgehead atoms. The van der Waals surface area contributed by atoms with E-state index in [2.05, 4.69) is 9.47 Å². The number of halogens is 3. The summed E-state index contributed by atoms with van der Waals surface area (Å²) in [6.07, 6.45) is -1.48. The molecule has 1 aliphatic rings. The van der Waals surface area contributed by atoms with Gasteiger partial charge in [0.1, 0.15) is 0 Å². The number of aryl methyl sites for hydroxylation is 1. The van der Waals surface area contributed by atoms with Gasteiger partial charge in [0.15, 0.2) is 11.5 Å². The summed E-state index contributed by atoms with van der Waals surface area (Å²) in [5.74, 6) is 1.28. The molecule has 7 heteroatoms. The van der Waals surface area contributed by atoms with Gasteiger partial charge in [-0.05, 0) is 53.9 Å². The molecule has 0 unspecified atom stereocenters. The Hall–Kier alpha value is -2.93. The molecule has 2 aromatic carbocycles. The van der Waals surface area contributed by atoms with Gasteiger partial charge in [0, 0.05) is 31.5 Å². The predicted molar refractivity (Wildman–Crippen MR) is 112 cm³/mol. The van der Waals surface area contributed by atoms with Gasteiger partial charge in [-0.15, -0.1) is 0 Å². The molecule has 0 amide bonds. The van der Waals surface area contributed by atoms with E-state index in [1.807, 2.05) is 36.5 Å². The molecule has 31 heavy (non-hydrogen) atoms. The van der Waals surface area contributed by atoms with Crippen LogP contribution in [0.25, 0.3) is 0 Å². The summed E-state index contributed by atoms with van der Waals surface area (Å²) in [6, 6.07) is 15.1. The average Bonchev–Trinajstić information content (AvgIpc) is 3.14. The van der Waals surface area contributed by atoms with Crippen LogP contribution in [0.2, 0.25) is 0 Å². The lowest BCUT2D eigenvalue weighted by molar-refractivity contribution is -0.137. The van der Waals surface area contributed by atoms with Crippen molar-refractivity contribution in [2.75, 3.05) is 20.8 Å². The van der Waals surface area contributed by atoms with Gasteiger partial charge in [-0.2, -0.15) is 13.2 Å². The number of methoxy groups -OCH3 is 2. The van der Waals surface area contributed by atoms with Crippen LogP contribution in [0.4, 0.5) is 13.2 Å². The molecule has 0 saturated heterocycles. The Labute approximate surface area is 179 Å². The van der Waals surface area contributed by atoms with Gasteiger partial charge in [0.05, 0.1) is 25.8 Å². The van der Waals surface area contributed by atoms with Crippen LogP contribution in [-0.2, 0) is 19.3 Å². The molecule has 0 radical (unpaired) electrons. The van der Waals surface area contributed by atoms with Gasteiger partial charge in [-0.3, -0.25) is 4.90 Å². The summed E-state index contributed by atoms with van der Waals surface area (Å²) < 4.78 is 53.1. The van der Waals surface area contributed by atoms with Crippen LogP contribution in [-0.4, -0.2) is 30.2 Å². The van der Waals surface area contributed by atoms with E-state index >= 15 is 0 Å². The lowest BCUT2D eigenvalue weighted by Gasteiger charge is -2.31. The molecule has 0 spiro atoms. The summed E-state index contributed by atoms with van der Waals surface area (Å²) in [6.45, 7) is 2.17. The van der Waals surface area contributed by atoms with E-state index in [0.717, 1.165) is 36.8 Å². The minimum atomic E-state index is -4.38. The smallest absolute Gasteiger partial charge is 0.416 e. The molecular formula is C24H25F3N2O2. The number of fused-ring (bicyclic) bond motifs is 1. The van der Waals surface area contributed by atoms with Crippen molar-refractivity contribution in [1.29, 1.82) is 0 Å². The fourth-order valence-corrected chi connectivity index (χ4v) is 4.29. The summed E-state index contributed by atoms with van der Waals surface area (Å²) >= 11 is 0. The Balaban J connectivity index is 1.74. The maximum atomic E-state index is 13.4. The summed E-state index contributed by atoms with van der Waals surface area (Å²) in [4.78, 5) is 2.23. The zero-order chi connectivity index (χ0) is 22.0. The first-order valence-electron chi connectivity index (χ1n) is 10.2. The van der Waals surface area contributed by atoms with E-state index in [4.69, 9.17) is 9.47 Å². The minimum Gasteiger partial charge on any atom is -0.493 e. The van der Waals surface area contributed by atoms with Gasteiger partial charge in [0.25, 0.3) is 0 Å². The molecule has 0 fully saturated rings. The van der Waals surface area contributed by atoms with E-state index in [9.17, 15) is 13.2 Å². The zero-order valence-corrected chi connectivity index (χ0v) is 17.5. The number of aromatic nitrogens is 1. The highest BCUT2D eigenvalue weighted by Gasteiger charge is 2.33. The van der Waals surface area contributed by atoms with Crippen LogP contribution in [0.1, 0.15) is 34.8 Å². The minimum absolute atomic E-state index is 0.284. The van der Waals surface area contributed by atoms with Crippen LogP contribution in [0.3, 0.4) is 0 Å². The summed E-state index contributed by atoms with van der Waals surface area (Å²) in [5.41, 5.74) is 2.02. The number of hydrogen-bond acceptors (Lipinski definition) is 3. The van der Waals surface area contributed by atoms with Crippen molar-refractivity contribution in [3.8, 4) is 11.5 Å². The van der Waals surface area contributed by atoms with Crippen molar-refractivity contribution in [3.05, 3.63) is 83.2 Å². The topological polar surface area (TPSA) is 26.6 Å². The second-order valence-corrected chi connectivity index (χ2v) is 7.67. The maximum Gasteiger partial charge on any atom is 0.416 e. The predicted octanol–water partition coefficient (Wildman–Crippen LogP) is 5.52. The molecule has 1 aromatic heterocycles. The molecule has 4 rings (SSSR count). The van der Waals surface area contributed by atoms with Crippen LogP contribution < -0.4 is 9.47 Å². The van der Waals surface area contributed by atoms with Gasteiger partial charge in [0.2, 0.25) is 0 Å². The van der Waals surface area contributed by atoms with Gasteiger partial charge < -0.3 is 14.0 Å². The van der Waals surface area contributed by atoms with Gasteiger partial charge >= 0.3 is 6.18 Å². The molecule has 0 aliphatic carbocycles.